The number of aliphatic carboxylic acids is 1. The molecule has 1 aromatic rings. The highest BCUT2D eigenvalue weighted by Crippen LogP contribution is 2.31. The Labute approximate surface area is 115 Å². The van der Waals surface area contributed by atoms with E-state index in [2.05, 4.69) is 5.32 Å². The topological polar surface area (TPSA) is 92.5 Å². The predicted octanol–water partition coefficient (Wildman–Crippen LogP) is 3.08. The SMILES string of the molecule is Cc1cc([N+](=O)[O-])c(Cl)cc1NCC(C)(C)C(=O)O. The number of benzene rings is 1. The summed E-state index contributed by atoms with van der Waals surface area (Å²) < 4.78 is 0. The van der Waals surface area contributed by atoms with Gasteiger partial charge in [-0.3, -0.25) is 14.9 Å². The van der Waals surface area contributed by atoms with Crippen LogP contribution in [0.1, 0.15) is 19.4 Å². The second-order valence-electron chi connectivity index (χ2n) is 4.92. The number of hydrogen-bond donors (Lipinski definition) is 2. The standard InChI is InChI=1S/C12H15ClN2O4/c1-7-4-10(15(18)19)8(13)5-9(7)14-6-12(2,3)11(16)17/h4-5,14H,6H2,1-3H3,(H,16,17). The molecule has 0 amide bonds. The van der Waals surface area contributed by atoms with Crippen molar-refractivity contribution in [2.24, 2.45) is 5.41 Å². The lowest BCUT2D eigenvalue weighted by atomic mass is 9.93. The molecule has 0 heterocycles. The summed E-state index contributed by atoms with van der Waals surface area (Å²) >= 11 is 5.81. The van der Waals surface area contributed by atoms with Crippen LogP contribution in [0.4, 0.5) is 11.4 Å². The van der Waals surface area contributed by atoms with Crippen molar-refractivity contribution in [1.82, 2.24) is 0 Å². The highest BCUT2D eigenvalue weighted by atomic mass is 35.5. The summed E-state index contributed by atoms with van der Waals surface area (Å²) in [5, 5.41) is 22.7. The van der Waals surface area contributed by atoms with Crippen molar-refractivity contribution in [3.8, 4) is 0 Å². The van der Waals surface area contributed by atoms with Crippen molar-refractivity contribution in [1.29, 1.82) is 0 Å². The number of aryl methyl sites for hydroxylation is 1. The molecule has 1 aromatic carbocycles. The molecule has 0 atom stereocenters. The summed E-state index contributed by atoms with van der Waals surface area (Å²) in [6, 6.07) is 2.80. The van der Waals surface area contributed by atoms with Gasteiger partial charge in [-0.15, -0.1) is 0 Å². The lowest BCUT2D eigenvalue weighted by molar-refractivity contribution is -0.384. The van der Waals surface area contributed by atoms with Gasteiger partial charge in [-0.05, 0) is 32.4 Å². The first kappa shape index (κ1) is 15.2. The number of carboxylic acid groups (broad SMARTS) is 1. The zero-order valence-electron chi connectivity index (χ0n) is 10.9. The molecule has 0 aromatic heterocycles. The molecule has 0 saturated heterocycles. The van der Waals surface area contributed by atoms with Crippen molar-refractivity contribution >= 4 is 28.9 Å². The Bertz CT molecular complexity index is 529. The van der Waals surface area contributed by atoms with E-state index in [1.165, 1.54) is 12.1 Å². The molecule has 7 heteroatoms. The fourth-order valence-corrected chi connectivity index (χ4v) is 1.62. The average Bonchev–Trinajstić information content (AvgIpc) is 2.29. The summed E-state index contributed by atoms with van der Waals surface area (Å²) in [7, 11) is 0. The van der Waals surface area contributed by atoms with Gasteiger partial charge in [0, 0.05) is 18.3 Å². The van der Waals surface area contributed by atoms with E-state index >= 15 is 0 Å². The minimum atomic E-state index is -0.944. The first-order chi connectivity index (χ1) is 8.65. The monoisotopic (exact) mass is 286 g/mol. The van der Waals surface area contributed by atoms with Crippen LogP contribution < -0.4 is 5.32 Å². The van der Waals surface area contributed by atoms with Gasteiger partial charge in [0.15, 0.2) is 0 Å². The van der Waals surface area contributed by atoms with E-state index < -0.39 is 16.3 Å². The van der Waals surface area contributed by atoms with Gasteiger partial charge in [0.1, 0.15) is 5.02 Å². The first-order valence-electron chi connectivity index (χ1n) is 5.57. The van der Waals surface area contributed by atoms with E-state index in [9.17, 15) is 14.9 Å². The fraction of sp³-hybridized carbons (Fsp3) is 0.417. The van der Waals surface area contributed by atoms with Crippen molar-refractivity contribution in [2.75, 3.05) is 11.9 Å². The quantitative estimate of drug-likeness (QED) is 0.641. The molecule has 0 saturated carbocycles. The number of carboxylic acids is 1. The van der Waals surface area contributed by atoms with Crippen molar-refractivity contribution < 1.29 is 14.8 Å². The van der Waals surface area contributed by atoms with Gasteiger partial charge < -0.3 is 10.4 Å². The summed E-state index contributed by atoms with van der Waals surface area (Å²) in [5.41, 5.74) is 0.116. The van der Waals surface area contributed by atoms with Crippen LogP contribution in [0.2, 0.25) is 5.02 Å². The van der Waals surface area contributed by atoms with Crippen LogP contribution in [0.5, 0.6) is 0 Å². The summed E-state index contributed by atoms with van der Waals surface area (Å²) in [6.45, 7) is 5.06. The third-order valence-electron chi connectivity index (χ3n) is 2.79. The molecule has 0 fully saturated rings. The number of halogens is 1. The van der Waals surface area contributed by atoms with Crippen LogP contribution in [0, 0.1) is 22.5 Å². The molecule has 104 valence electrons. The maximum Gasteiger partial charge on any atom is 0.310 e. The first-order valence-corrected chi connectivity index (χ1v) is 5.95. The van der Waals surface area contributed by atoms with Crippen LogP contribution in [0.3, 0.4) is 0 Å². The number of anilines is 1. The Balaban J connectivity index is 2.95. The number of nitrogens with zero attached hydrogens (tertiary/aromatic N) is 1. The molecule has 0 radical (unpaired) electrons. The molecular weight excluding hydrogens is 272 g/mol. The maximum absolute atomic E-state index is 11.0. The molecule has 0 bridgehead atoms. The summed E-state index contributed by atoms with van der Waals surface area (Å²) in [6.07, 6.45) is 0. The largest absolute Gasteiger partial charge is 0.481 e. The molecule has 6 nitrogen and oxygen atoms in total. The number of nitro benzene ring substituents is 1. The Morgan fingerprint density at radius 2 is 2.11 bits per heavy atom. The number of nitrogens with one attached hydrogen (secondary N) is 1. The maximum atomic E-state index is 11.0. The minimum absolute atomic E-state index is 0.0197. The zero-order chi connectivity index (χ0) is 14.8. The van der Waals surface area contributed by atoms with Crippen molar-refractivity contribution in [2.45, 2.75) is 20.8 Å². The van der Waals surface area contributed by atoms with Crippen LogP contribution in [0.25, 0.3) is 0 Å². The van der Waals surface area contributed by atoms with Gasteiger partial charge in [0.25, 0.3) is 5.69 Å². The van der Waals surface area contributed by atoms with Crippen LogP contribution in [-0.4, -0.2) is 22.5 Å². The third kappa shape index (κ3) is 3.57. The van der Waals surface area contributed by atoms with Gasteiger partial charge in [0.05, 0.1) is 10.3 Å². The Hall–Kier alpha value is -1.82. The van der Waals surface area contributed by atoms with Crippen LogP contribution in [0.15, 0.2) is 12.1 Å². The van der Waals surface area contributed by atoms with E-state index in [4.69, 9.17) is 16.7 Å². The predicted molar refractivity (Wildman–Crippen MR) is 72.7 cm³/mol. The highest BCUT2D eigenvalue weighted by molar-refractivity contribution is 6.33. The number of carbonyl (C=O) groups is 1. The van der Waals surface area contributed by atoms with Gasteiger partial charge in [-0.25, -0.2) is 0 Å². The second kappa shape index (κ2) is 5.44. The molecule has 0 aliphatic heterocycles. The molecule has 0 unspecified atom stereocenters. The molecule has 2 N–H and O–H groups in total. The number of hydrogen-bond acceptors (Lipinski definition) is 4. The number of rotatable bonds is 5. The van der Waals surface area contributed by atoms with Gasteiger partial charge in [-0.2, -0.15) is 0 Å². The fourth-order valence-electron chi connectivity index (χ4n) is 1.39. The Kier molecular flexibility index (Phi) is 4.36. The third-order valence-corrected chi connectivity index (χ3v) is 3.09. The van der Waals surface area contributed by atoms with E-state index in [0.717, 1.165) is 0 Å². The zero-order valence-corrected chi connectivity index (χ0v) is 11.6. The van der Waals surface area contributed by atoms with Crippen LogP contribution in [-0.2, 0) is 4.79 Å². The van der Waals surface area contributed by atoms with E-state index in [-0.39, 0.29) is 17.3 Å². The molecule has 1 rings (SSSR count). The van der Waals surface area contributed by atoms with E-state index in [0.29, 0.717) is 11.3 Å². The molecule has 19 heavy (non-hydrogen) atoms. The normalized spacial score (nSPS) is 11.2. The highest BCUT2D eigenvalue weighted by Gasteiger charge is 2.27. The smallest absolute Gasteiger partial charge is 0.310 e. The number of nitro groups is 1. The Morgan fingerprint density at radius 1 is 1.53 bits per heavy atom. The molecule has 0 aliphatic rings. The van der Waals surface area contributed by atoms with Crippen LogP contribution >= 0.6 is 11.6 Å². The lowest BCUT2D eigenvalue weighted by Gasteiger charge is -2.21. The van der Waals surface area contributed by atoms with E-state index in [1.807, 2.05) is 0 Å². The summed E-state index contributed by atoms with van der Waals surface area (Å²) in [5.74, 6) is -0.925. The summed E-state index contributed by atoms with van der Waals surface area (Å²) in [4.78, 5) is 21.1. The van der Waals surface area contributed by atoms with Crippen molar-refractivity contribution in [3.63, 3.8) is 0 Å². The second-order valence-corrected chi connectivity index (χ2v) is 5.33. The van der Waals surface area contributed by atoms with Gasteiger partial charge in [-0.1, -0.05) is 11.6 Å². The minimum Gasteiger partial charge on any atom is -0.481 e. The Morgan fingerprint density at radius 3 is 2.58 bits per heavy atom. The lowest BCUT2D eigenvalue weighted by Crippen LogP contribution is -2.31. The molecular formula is C12H15ClN2O4. The molecule has 0 spiro atoms. The van der Waals surface area contributed by atoms with Gasteiger partial charge >= 0.3 is 5.97 Å². The van der Waals surface area contributed by atoms with Crippen molar-refractivity contribution in [3.05, 3.63) is 32.8 Å². The average molecular weight is 287 g/mol. The van der Waals surface area contributed by atoms with E-state index in [1.54, 1.807) is 20.8 Å². The molecule has 0 aliphatic carbocycles. The van der Waals surface area contributed by atoms with Gasteiger partial charge in [0.2, 0.25) is 0 Å².